The Hall–Kier alpha value is -1.49. The van der Waals surface area contributed by atoms with Crippen LogP contribution in [0.4, 0.5) is 0 Å². The molecule has 0 spiro atoms. The van der Waals surface area contributed by atoms with E-state index in [2.05, 4.69) is 6.58 Å². The van der Waals surface area contributed by atoms with Gasteiger partial charge in [-0.1, -0.05) is 26.5 Å². The maximum atomic E-state index is 8.47. The van der Waals surface area contributed by atoms with E-state index in [1.807, 2.05) is 26.8 Å². The van der Waals surface area contributed by atoms with Gasteiger partial charge in [0.2, 0.25) is 0 Å². The van der Waals surface area contributed by atoms with Crippen molar-refractivity contribution in [2.75, 3.05) is 0 Å². The number of hydrogen-bond acceptors (Lipinski definition) is 2. The highest BCUT2D eigenvalue weighted by molar-refractivity contribution is 5.40. The number of rotatable bonds is 2. The highest BCUT2D eigenvalue weighted by Crippen LogP contribution is 1.99. The Kier molecular flexibility index (Phi) is 10.4. The Morgan fingerprint density at radius 2 is 2.00 bits per heavy atom. The molecule has 0 unspecified atom stereocenters. The minimum Gasteiger partial charge on any atom is -0.398 e. The molecule has 0 aliphatic heterocycles. The van der Waals surface area contributed by atoms with E-state index >= 15 is 0 Å². The van der Waals surface area contributed by atoms with E-state index in [9.17, 15) is 0 Å². The summed E-state index contributed by atoms with van der Waals surface area (Å²) in [4.78, 5) is 0. The van der Waals surface area contributed by atoms with Crippen LogP contribution in [-0.4, -0.2) is 0 Å². The van der Waals surface area contributed by atoms with Crippen LogP contribution in [0.5, 0.6) is 0 Å². The Balaban J connectivity index is 0. The zero-order chi connectivity index (χ0) is 9.98. The third kappa shape index (κ3) is 5.31. The fourth-order valence-corrected chi connectivity index (χ4v) is 0.475. The molecule has 2 N–H and O–H groups in total. The molecular formula is C10H16N2. The van der Waals surface area contributed by atoms with Crippen molar-refractivity contribution in [3.05, 3.63) is 36.1 Å². The zero-order valence-corrected chi connectivity index (χ0v) is 7.96. The molecule has 0 aromatic rings. The smallest absolute Gasteiger partial charge is 0.101 e. The SMILES string of the molecule is C=C/C(N)=C(C#N)\C=C/C.CC. The molecule has 0 heterocycles. The number of nitriles is 1. The molecule has 0 radical (unpaired) electrons. The van der Waals surface area contributed by atoms with E-state index in [1.54, 1.807) is 12.2 Å². The van der Waals surface area contributed by atoms with Gasteiger partial charge in [0.25, 0.3) is 0 Å². The first-order valence-corrected chi connectivity index (χ1v) is 3.91. The van der Waals surface area contributed by atoms with Gasteiger partial charge in [-0.05, 0) is 19.1 Å². The second-order valence-electron chi connectivity index (χ2n) is 1.68. The van der Waals surface area contributed by atoms with Crippen LogP contribution in [0.15, 0.2) is 36.1 Å². The molecule has 0 aromatic heterocycles. The molecule has 0 rings (SSSR count). The summed E-state index contributed by atoms with van der Waals surface area (Å²) in [5, 5.41) is 8.47. The minimum atomic E-state index is 0.417. The number of nitrogens with zero attached hydrogens (tertiary/aromatic N) is 1. The van der Waals surface area contributed by atoms with E-state index in [0.717, 1.165) is 0 Å². The molecule has 0 aliphatic rings. The standard InChI is InChI=1S/C8H10N2.C2H6/c1-3-5-7(6-9)8(10)4-2;1-2/h3-5H,2,10H2,1H3;1-2H3/b5-3-,8-7-;. The molecular weight excluding hydrogens is 148 g/mol. The van der Waals surface area contributed by atoms with Crippen molar-refractivity contribution in [2.24, 2.45) is 5.73 Å². The Morgan fingerprint density at radius 1 is 1.50 bits per heavy atom. The average molecular weight is 164 g/mol. The molecule has 0 bridgehead atoms. The molecule has 0 fully saturated rings. The van der Waals surface area contributed by atoms with Gasteiger partial charge >= 0.3 is 0 Å². The first-order chi connectivity index (χ1) is 5.76. The first kappa shape index (κ1) is 13.1. The summed E-state index contributed by atoms with van der Waals surface area (Å²) in [7, 11) is 0. The van der Waals surface area contributed by atoms with Gasteiger partial charge in [0, 0.05) is 5.70 Å². The molecule has 2 heteroatoms. The summed E-state index contributed by atoms with van der Waals surface area (Å²) < 4.78 is 0. The third-order valence-corrected chi connectivity index (χ3v) is 0.985. The lowest BCUT2D eigenvalue weighted by Gasteiger charge is -1.91. The van der Waals surface area contributed by atoms with Crippen molar-refractivity contribution < 1.29 is 0 Å². The summed E-state index contributed by atoms with van der Waals surface area (Å²) >= 11 is 0. The van der Waals surface area contributed by atoms with E-state index in [4.69, 9.17) is 11.0 Å². The molecule has 66 valence electrons. The van der Waals surface area contributed by atoms with Crippen LogP contribution in [-0.2, 0) is 0 Å². The lowest BCUT2D eigenvalue weighted by atomic mass is 10.2. The molecule has 0 saturated carbocycles. The average Bonchev–Trinajstić information content (AvgIpc) is 2.16. The topological polar surface area (TPSA) is 49.8 Å². The molecule has 0 saturated heterocycles. The van der Waals surface area contributed by atoms with Crippen molar-refractivity contribution in [1.29, 1.82) is 5.26 Å². The summed E-state index contributed by atoms with van der Waals surface area (Å²) in [5.41, 5.74) is 6.27. The van der Waals surface area contributed by atoms with Crippen molar-refractivity contribution in [3.8, 4) is 6.07 Å². The maximum absolute atomic E-state index is 8.47. The summed E-state index contributed by atoms with van der Waals surface area (Å²) in [6, 6.07) is 1.95. The second-order valence-corrected chi connectivity index (χ2v) is 1.68. The van der Waals surface area contributed by atoms with Gasteiger partial charge in [0.1, 0.15) is 6.07 Å². The highest BCUT2D eigenvalue weighted by atomic mass is 14.6. The molecule has 0 aromatic carbocycles. The maximum Gasteiger partial charge on any atom is 0.101 e. The van der Waals surface area contributed by atoms with Crippen LogP contribution in [0.1, 0.15) is 20.8 Å². The van der Waals surface area contributed by atoms with Gasteiger partial charge in [-0.2, -0.15) is 5.26 Å². The van der Waals surface area contributed by atoms with Crippen LogP contribution in [0.3, 0.4) is 0 Å². The molecule has 0 amide bonds. The van der Waals surface area contributed by atoms with Crippen LogP contribution in [0, 0.1) is 11.3 Å². The monoisotopic (exact) mass is 164 g/mol. The van der Waals surface area contributed by atoms with Crippen LogP contribution in [0.25, 0.3) is 0 Å². The Bertz CT molecular complexity index is 216. The van der Waals surface area contributed by atoms with E-state index in [0.29, 0.717) is 11.3 Å². The molecule has 0 aliphatic carbocycles. The van der Waals surface area contributed by atoms with Gasteiger partial charge in [0.15, 0.2) is 0 Å². The van der Waals surface area contributed by atoms with Crippen molar-refractivity contribution in [2.45, 2.75) is 20.8 Å². The van der Waals surface area contributed by atoms with E-state index in [-0.39, 0.29) is 0 Å². The Labute approximate surface area is 74.7 Å². The normalized spacial score (nSPS) is 10.8. The van der Waals surface area contributed by atoms with Gasteiger partial charge in [-0.15, -0.1) is 0 Å². The predicted molar refractivity (Wildman–Crippen MR) is 53.2 cm³/mol. The van der Waals surface area contributed by atoms with Crippen molar-refractivity contribution in [3.63, 3.8) is 0 Å². The predicted octanol–water partition coefficient (Wildman–Crippen LogP) is 2.51. The quantitative estimate of drug-likeness (QED) is 0.503. The van der Waals surface area contributed by atoms with Crippen molar-refractivity contribution >= 4 is 0 Å². The van der Waals surface area contributed by atoms with Crippen LogP contribution < -0.4 is 5.73 Å². The lowest BCUT2D eigenvalue weighted by Crippen LogP contribution is -1.95. The Morgan fingerprint density at radius 3 is 2.25 bits per heavy atom. The lowest BCUT2D eigenvalue weighted by molar-refractivity contribution is 1.36. The van der Waals surface area contributed by atoms with Crippen LogP contribution >= 0.6 is 0 Å². The second kappa shape index (κ2) is 9.51. The summed E-state index contributed by atoms with van der Waals surface area (Å²) in [6.45, 7) is 9.27. The molecule has 12 heavy (non-hydrogen) atoms. The molecule has 2 nitrogen and oxygen atoms in total. The number of nitrogens with two attached hydrogens (primary N) is 1. The van der Waals surface area contributed by atoms with E-state index in [1.165, 1.54) is 6.08 Å². The van der Waals surface area contributed by atoms with Gasteiger partial charge in [-0.25, -0.2) is 0 Å². The molecule has 0 atom stereocenters. The number of allylic oxidation sites excluding steroid dienone is 4. The van der Waals surface area contributed by atoms with Crippen molar-refractivity contribution in [1.82, 2.24) is 0 Å². The third-order valence-electron chi connectivity index (χ3n) is 0.985. The minimum absolute atomic E-state index is 0.417. The summed E-state index contributed by atoms with van der Waals surface area (Å²) in [6.07, 6.45) is 4.87. The fraction of sp³-hybridized carbons (Fsp3) is 0.300. The fourth-order valence-electron chi connectivity index (χ4n) is 0.475. The van der Waals surface area contributed by atoms with E-state index < -0.39 is 0 Å². The number of hydrogen-bond donors (Lipinski definition) is 1. The van der Waals surface area contributed by atoms with Gasteiger partial charge in [-0.3, -0.25) is 0 Å². The largest absolute Gasteiger partial charge is 0.398 e. The first-order valence-electron chi connectivity index (χ1n) is 3.91. The van der Waals surface area contributed by atoms with Gasteiger partial charge < -0.3 is 5.73 Å². The summed E-state index contributed by atoms with van der Waals surface area (Å²) in [5.74, 6) is 0. The highest BCUT2D eigenvalue weighted by Gasteiger charge is 1.91. The van der Waals surface area contributed by atoms with Gasteiger partial charge in [0.05, 0.1) is 5.57 Å². The van der Waals surface area contributed by atoms with Crippen LogP contribution in [0.2, 0.25) is 0 Å². The zero-order valence-electron chi connectivity index (χ0n) is 7.96.